The Hall–Kier alpha value is -1.24. The van der Waals surface area contributed by atoms with Gasteiger partial charge >= 0.3 is 0 Å². The van der Waals surface area contributed by atoms with Crippen molar-refractivity contribution in [3.63, 3.8) is 0 Å². The predicted molar refractivity (Wildman–Crippen MR) is 54.5 cm³/mol. The van der Waals surface area contributed by atoms with Crippen molar-refractivity contribution >= 4 is 17.3 Å². The minimum Gasteiger partial charge on any atom is -0.398 e. The van der Waals surface area contributed by atoms with Gasteiger partial charge in [0.25, 0.3) is 0 Å². The molecule has 0 aliphatic rings. The van der Waals surface area contributed by atoms with Gasteiger partial charge in [0.2, 0.25) is 0 Å². The van der Waals surface area contributed by atoms with E-state index in [4.69, 9.17) is 17.3 Å². The van der Waals surface area contributed by atoms with Crippen LogP contribution < -0.4 is 11.1 Å². The number of nitrogens with zero attached hydrogens (tertiary/aromatic N) is 1. The molecule has 0 fully saturated rings. The Balaban J connectivity index is 2.95. The van der Waals surface area contributed by atoms with Crippen molar-refractivity contribution < 1.29 is 0 Å². The lowest BCUT2D eigenvalue weighted by molar-refractivity contribution is 0.938. The van der Waals surface area contributed by atoms with E-state index in [9.17, 15) is 0 Å². The number of rotatable bonds is 1. The third kappa shape index (κ3) is 2.62. The number of nitrogen functional groups attached to an aromatic ring is 1. The molecule has 0 aromatic carbocycles. The highest BCUT2D eigenvalue weighted by Gasteiger charge is 2.00. The van der Waals surface area contributed by atoms with Crippen molar-refractivity contribution in [1.82, 2.24) is 10.3 Å². The first-order valence-electron chi connectivity index (χ1n) is 3.79. The van der Waals surface area contributed by atoms with Crippen molar-refractivity contribution in [3.8, 4) is 11.8 Å². The molecular weight excluding hydrogens is 186 g/mol. The van der Waals surface area contributed by atoms with Crippen molar-refractivity contribution in [2.24, 2.45) is 0 Å². The van der Waals surface area contributed by atoms with E-state index in [0.717, 1.165) is 0 Å². The Morgan fingerprint density at radius 3 is 3.08 bits per heavy atom. The molecule has 0 aliphatic heterocycles. The maximum absolute atomic E-state index is 5.79. The van der Waals surface area contributed by atoms with E-state index in [2.05, 4.69) is 22.1 Å². The zero-order valence-corrected chi connectivity index (χ0v) is 8.02. The summed E-state index contributed by atoms with van der Waals surface area (Å²) < 4.78 is 0. The molecule has 1 aromatic heterocycles. The number of nitrogens with two attached hydrogens (primary N) is 1. The summed E-state index contributed by atoms with van der Waals surface area (Å²) >= 11 is 5.79. The molecule has 0 amide bonds. The highest BCUT2D eigenvalue weighted by Crippen LogP contribution is 2.17. The van der Waals surface area contributed by atoms with Crippen molar-refractivity contribution in [2.45, 2.75) is 0 Å². The molecule has 68 valence electrons. The van der Waals surface area contributed by atoms with E-state index < -0.39 is 0 Å². The molecular formula is C9H10ClN3. The summed E-state index contributed by atoms with van der Waals surface area (Å²) in [4.78, 5) is 3.88. The monoisotopic (exact) mass is 195 g/mol. The summed E-state index contributed by atoms with van der Waals surface area (Å²) in [5.74, 6) is 5.72. The molecule has 0 saturated heterocycles. The van der Waals surface area contributed by atoms with E-state index >= 15 is 0 Å². The van der Waals surface area contributed by atoms with Gasteiger partial charge < -0.3 is 11.1 Å². The SMILES string of the molecule is CNCC#Cc1c(N)ccnc1Cl. The zero-order chi connectivity index (χ0) is 9.68. The van der Waals surface area contributed by atoms with Crippen LogP contribution in [0.25, 0.3) is 0 Å². The summed E-state index contributed by atoms with van der Waals surface area (Å²) in [5, 5.41) is 3.25. The van der Waals surface area contributed by atoms with Crippen molar-refractivity contribution in [1.29, 1.82) is 0 Å². The van der Waals surface area contributed by atoms with Gasteiger partial charge in [-0.15, -0.1) is 0 Å². The highest BCUT2D eigenvalue weighted by atomic mass is 35.5. The van der Waals surface area contributed by atoms with E-state index in [1.165, 1.54) is 0 Å². The molecule has 0 unspecified atom stereocenters. The normalized spacial score (nSPS) is 9.08. The fourth-order valence-corrected chi connectivity index (χ4v) is 1.01. The molecule has 0 aliphatic carbocycles. The number of hydrogen-bond donors (Lipinski definition) is 2. The van der Waals surface area contributed by atoms with Gasteiger partial charge in [-0.05, 0) is 13.1 Å². The topological polar surface area (TPSA) is 50.9 Å². The maximum Gasteiger partial charge on any atom is 0.146 e. The van der Waals surface area contributed by atoms with Gasteiger partial charge in [-0.3, -0.25) is 0 Å². The first kappa shape index (κ1) is 9.85. The summed E-state index contributed by atoms with van der Waals surface area (Å²) in [6, 6.07) is 1.68. The van der Waals surface area contributed by atoms with E-state index in [1.54, 1.807) is 12.3 Å². The van der Waals surface area contributed by atoms with Gasteiger partial charge in [0.1, 0.15) is 5.15 Å². The smallest absolute Gasteiger partial charge is 0.146 e. The highest BCUT2D eigenvalue weighted by molar-refractivity contribution is 6.30. The van der Waals surface area contributed by atoms with Gasteiger partial charge in [0, 0.05) is 6.20 Å². The molecule has 1 rings (SSSR count). The van der Waals surface area contributed by atoms with Crippen LogP contribution in [-0.2, 0) is 0 Å². The number of pyridine rings is 1. The molecule has 0 bridgehead atoms. The van der Waals surface area contributed by atoms with Crippen LogP contribution in [0.3, 0.4) is 0 Å². The first-order chi connectivity index (χ1) is 6.25. The third-order valence-corrected chi connectivity index (χ3v) is 1.70. The quantitative estimate of drug-likeness (QED) is 0.517. The van der Waals surface area contributed by atoms with Gasteiger partial charge in [-0.25, -0.2) is 4.98 Å². The van der Waals surface area contributed by atoms with Crippen molar-refractivity contribution in [2.75, 3.05) is 19.3 Å². The summed E-state index contributed by atoms with van der Waals surface area (Å²) in [5.41, 5.74) is 6.81. The molecule has 1 heterocycles. The second-order valence-corrected chi connectivity index (χ2v) is 2.76. The average Bonchev–Trinajstić information content (AvgIpc) is 2.10. The van der Waals surface area contributed by atoms with Crippen molar-refractivity contribution in [3.05, 3.63) is 23.0 Å². The molecule has 0 saturated carbocycles. The van der Waals surface area contributed by atoms with Crippen LogP contribution in [0, 0.1) is 11.8 Å². The Bertz CT molecular complexity index is 331. The largest absolute Gasteiger partial charge is 0.398 e. The molecule has 3 N–H and O–H groups in total. The lowest BCUT2D eigenvalue weighted by atomic mass is 10.2. The second-order valence-electron chi connectivity index (χ2n) is 2.40. The Kier molecular flexibility index (Phi) is 3.56. The van der Waals surface area contributed by atoms with Crippen LogP contribution in [0.15, 0.2) is 12.3 Å². The Morgan fingerprint density at radius 1 is 1.69 bits per heavy atom. The van der Waals surface area contributed by atoms with Crippen LogP contribution in [0.5, 0.6) is 0 Å². The summed E-state index contributed by atoms with van der Waals surface area (Å²) in [6.45, 7) is 0.602. The third-order valence-electron chi connectivity index (χ3n) is 1.42. The maximum atomic E-state index is 5.79. The number of hydrogen-bond acceptors (Lipinski definition) is 3. The van der Waals surface area contributed by atoms with Crippen LogP contribution in [0.2, 0.25) is 5.15 Å². The molecule has 0 atom stereocenters. The Labute approximate surface area is 82.3 Å². The minimum absolute atomic E-state index is 0.351. The fraction of sp³-hybridized carbons (Fsp3) is 0.222. The van der Waals surface area contributed by atoms with Gasteiger partial charge in [0.05, 0.1) is 17.8 Å². The van der Waals surface area contributed by atoms with Gasteiger partial charge in [-0.1, -0.05) is 23.4 Å². The molecule has 3 nitrogen and oxygen atoms in total. The van der Waals surface area contributed by atoms with E-state index in [-0.39, 0.29) is 0 Å². The molecule has 4 heteroatoms. The number of aromatic nitrogens is 1. The number of halogens is 1. The molecule has 1 aromatic rings. The summed E-state index contributed by atoms with van der Waals surface area (Å²) in [7, 11) is 1.82. The standard InChI is InChI=1S/C9H10ClN3/c1-12-5-2-3-7-8(11)4-6-13-9(7)10/h4,6,12H,5H2,1H3,(H2,11,13). The Morgan fingerprint density at radius 2 is 2.46 bits per heavy atom. The lowest BCUT2D eigenvalue weighted by Gasteiger charge is -1.98. The minimum atomic E-state index is 0.351. The van der Waals surface area contributed by atoms with Gasteiger partial charge in [0.15, 0.2) is 0 Å². The number of nitrogens with one attached hydrogen (secondary N) is 1. The fourth-order valence-electron chi connectivity index (χ4n) is 0.795. The van der Waals surface area contributed by atoms with E-state index in [1.807, 2.05) is 7.05 Å². The van der Waals surface area contributed by atoms with Crippen LogP contribution in [0.1, 0.15) is 5.56 Å². The molecule has 13 heavy (non-hydrogen) atoms. The average molecular weight is 196 g/mol. The second kappa shape index (κ2) is 4.70. The molecule has 0 spiro atoms. The summed E-state index contributed by atoms with van der Waals surface area (Å²) in [6.07, 6.45) is 1.56. The van der Waals surface area contributed by atoms with Crippen LogP contribution in [0.4, 0.5) is 5.69 Å². The number of anilines is 1. The van der Waals surface area contributed by atoms with Crippen LogP contribution in [-0.4, -0.2) is 18.6 Å². The van der Waals surface area contributed by atoms with E-state index in [0.29, 0.717) is 22.9 Å². The van der Waals surface area contributed by atoms with Crippen LogP contribution >= 0.6 is 11.6 Å². The van der Waals surface area contributed by atoms with Gasteiger partial charge in [-0.2, -0.15) is 0 Å². The first-order valence-corrected chi connectivity index (χ1v) is 4.17. The zero-order valence-electron chi connectivity index (χ0n) is 7.26. The lowest BCUT2D eigenvalue weighted by Crippen LogP contribution is -2.04. The molecule has 0 radical (unpaired) electrons. The predicted octanol–water partition coefficient (Wildman–Crippen LogP) is 0.888.